The number of carboxylic acids is 1. The number of nitrogens with zero attached hydrogens (tertiary/aromatic N) is 2. The van der Waals surface area contributed by atoms with Crippen LogP contribution < -0.4 is 0 Å². The summed E-state index contributed by atoms with van der Waals surface area (Å²) < 4.78 is 0. The van der Waals surface area contributed by atoms with E-state index in [0.29, 0.717) is 17.3 Å². The summed E-state index contributed by atoms with van der Waals surface area (Å²) in [6, 6.07) is 1.48. The van der Waals surface area contributed by atoms with Crippen LogP contribution in [0.2, 0.25) is 0 Å². The molecule has 0 unspecified atom stereocenters. The van der Waals surface area contributed by atoms with Crippen LogP contribution in [0.4, 0.5) is 0 Å². The zero-order chi connectivity index (χ0) is 11.3. The smallest absolute Gasteiger partial charge is 0.354 e. The predicted octanol–water partition coefficient (Wildman–Crippen LogP) is 2.13. The first-order valence-electron chi connectivity index (χ1n) is 4.79. The Morgan fingerprint density at radius 1 is 1.53 bits per heavy atom. The quantitative estimate of drug-likeness (QED) is 0.779. The first-order valence-corrected chi connectivity index (χ1v) is 5.94. The van der Waals surface area contributed by atoms with Gasteiger partial charge in [-0.2, -0.15) is 11.8 Å². The molecule has 1 heterocycles. The summed E-state index contributed by atoms with van der Waals surface area (Å²) >= 11 is 1.72. The second kappa shape index (κ2) is 5.70. The van der Waals surface area contributed by atoms with Crippen LogP contribution in [0.3, 0.4) is 0 Å². The molecule has 0 aliphatic rings. The number of carboxylic acid groups (broad SMARTS) is 1. The minimum absolute atomic E-state index is 0.0783. The van der Waals surface area contributed by atoms with E-state index in [2.05, 4.69) is 16.9 Å². The highest BCUT2D eigenvalue weighted by Crippen LogP contribution is 2.10. The molecule has 0 bridgehead atoms. The van der Waals surface area contributed by atoms with Crippen LogP contribution in [0, 0.1) is 6.92 Å². The Morgan fingerprint density at radius 2 is 2.27 bits per heavy atom. The highest BCUT2D eigenvalue weighted by Gasteiger charge is 2.08. The van der Waals surface area contributed by atoms with Crippen LogP contribution in [0.25, 0.3) is 0 Å². The van der Waals surface area contributed by atoms with Crippen LogP contribution in [0.5, 0.6) is 0 Å². The van der Waals surface area contributed by atoms with Crippen LogP contribution in [0.15, 0.2) is 6.07 Å². The van der Waals surface area contributed by atoms with E-state index in [9.17, 15) is 4.79 Å². The van der Waals surface area contributed by atoms with E-state index in [1.807, 2.05) is 0 Å². The molecule has 0 atom stereocenters. The summed E-state index contributed by atoms with van der Waals surface area (Å²) in [5, 5.41) is 8.81. The summed E-state index contributed by atoms with van der Waals surface area (Å²) in [5.41, 5.74) is 0.782. The zero-order valence-electron chi connectivity index (χ0n) is 8.86. The molecule has 0 spiro atoms. The first-order chi connectivity index (χ1) is 7.13. The molecule has 0 aliphatic carbocycles. The summed E-state index contributed by atoms with van der Waals surface area (Å²) in [4.78, 5) is 18.9. The molecule has 1 N–H and O–H groups in total. The van der Waals surface area contributed by atoms with Gasteiger partial charge >= 0.3 is 5.97 Å². The highest BCUT2D eigenvalue weighted by molar-refractivity contribution is 7.98. The van der Waals surface area contributed by atoms with E-state index >= 15 is 0 Å². The monoisotopic (exact) mass is 226 g/mol. The Labute approximate surface area is 93.1 Å². The maximum absolute atomic E-state index is 10.7. The second-order valence-corrected chi connectivity index (χ2v) is 4.27. The number of thioether (sulfide) groups is 1. The molecule has 4 nitrogen and oxygen atoms in total. The van der Waals surface area contributed by atoms with E-state index in [1.165, 1.54) is 6.07 Å². The zero-order valence-corrected chi connectivity index (χ0v) is 9.67. The minimum atomic E-state index is -0.998. The van der Waals surface area contributed by atoms with Gasteiger partial charge in [-0.15, -0.1) is 0 Å². The lowest BCUT2D eigenvalue weighted by Crippen LogP contribution is -2.06. The van der Waals surface area contributed by atoms with Crippen molar-refractivity contribution in [1.29, 1.82) is 0 Å². The van der Waals surface area contributed by atoms with Crippen molar-refractivity contribution in [3.05, 3.63) is 23.3 Å². The molecule has 1 aromatic rings. The van der Waals surface area contributed by atoms with E-state index in [1.54, 1.807) is 18.7 Å². The van der Waals surface area contributed by atoms with Gasteiger partial charge in [-0.3, -0.25) is 0 Å². The number of hydrogen-bond donors (Lipinski definition) is 1. The van der Waals surface area contributed by atoms with Crippen molar-refractivity contribution in [2.24, 2.45) is 0 Å². The van der Waals surface area contributed by atoms with Crippen molar-refractivity contribution in [2.75, 3.05) is 5.75 Å². The van der Waals surface area contributed by atoms with Crippen LogP contribution >= 0.6 is 11.8 Å². The van der Waals surface area contributed by atoms with Crippen molar-refractivity contribution in [3.63, 3.8) is 0 Å². The Kier molecular flexibility index (Phi) is 4.55. The van der Waals surface area contributed by atoms with Gasteiger partial charge in [0.2, 0.25) is 0 Å². The van der Waals surface area contributed by atoms with Crippen molar-refractivity contribution in [2.45, 2.75) is 26.0 Å². The molecule has 5 heteroatoms. The largest absolute Gasteiger partial charge is 0.477 e. The van der Waals surface area contributed by atoms with Crippen LogP contribution in [0.1, 0.15) is 35.4 Å². The molecule has 0 fully saturated rings. The fraction of sp³-hybridized carbons (Fsp3) is 0.500. The van der Waals surface area contributed by atoms with Crippen molar-refractivity contribution in [3.8, 4) is 0 Å². The Hall–Kier alpha value is -1.10. The number of hydrogen-bond acceptors (Lipinski definition) is 4. The molecule has 82 valence electrons. The van der Waals surface area contributed by atoms with Gasteiger partial charge in [0, 0.05) is 5.69 Å². The molecule has 0 aliphatic heterocycles. The lowest BCUT2D eigenvalue weighted by atomic mass is 10.3. The summed E-state index contributed by atoms with van der Waals surface area (Å²) in [6.07, 6.45) is 1.10. The van der Waals surface area contributed by atoms with E-state index in [4.69, 9.17) is 5.11 Å². The average molecular weight is 226 g/mol. The van der Waals surface area contributed by atoms with Gasteiger partial charge in [0.05, 0.1) is 5.75 Å². The van der Waals surface area contributed by atoms with Crippen LogP contribution in [-0.4, -0.2) is 26.8 Å². The van der Waals surface area contributed by atoms with Gasteiger partial charge in [0.1, 0.15) is 5.82 Å². The summed E-state index contributed by atoms with van der Waals surface area (Å²) in [7, 11) is 0. The number of rotatable bonds is 5. The SMILES string of the molecule is CCCSCc1nc(C)cc(C(=O)O)n1. The third-order valence-electron chi connectivity index (χ3n) is 1.70. The van der Waals surface area contributed by atoms with E-state index in [-0.39, 0.29) is 5.69 Å². The van der Waals surface area contributed by atoms with Crippen molar-refractivity contribution < 1.29 is 9.90 Å². The third-order valence-corrected chi connectivity index (χ3v) is 2.86. The number of aromatic nitrogens is 2. The minimum Gasteiger partial charge on any atom is -0.477 e. The second-order valence-electron chi connectivity index (χ2n) is 3.17. The molecule has 0 saturated carbocycles. The molecule has 1 rings (SSSR count). The molecule has 0 saturated heterocycles. The first kappa shape index (κ1) is 12.0. The summed E-state index contributed by atoms with van der Waals surface area (Å²) in [5.74, 6) is 1.32. The molecular weight excluding hydrogens is 212 g/mol. The van der Waals surface area contributed by atoms with Gasteiger partial charge < -0.3 is 5.11 Å². The van der Waals surface area contributed by atoms with Gasteiger partial charge in [-0.05, 0) is 25.2 Å². The van der Waals surface area contributed by atoms with Gasteiger partial charge in [-0.25, -0.2) is 14.8 Å². The summed E-state index contributed by atoms with van der Waals surface area (Å²) in [6.45, 7) is 3.88. The maximum Gasteiger partial charge on any atom is 0.354 e. The fourth-order valence-corrected chi connectivity index (χ4v) is 1.86. The number of carbonyl (C=O) groups is 1. The van der Waals surface area contributed by atoms with Gasteiger partial charge in [0.15, 0.2) is 5.69 Å². The Balaban J connectivity index is 2.75. The van der Waals surface area contributed by atoms with Gasteiger partial charge in [0.25, 0.3) is 0 Å². The van der Waals surface area contributed by atoms with Crippen LogP contribution in [-0.2, 0) is 5.75 Å². The third kappa shape index (κ3) is 3.87. The lowest BCUT2D eigenvalue weighted by molar-refractivity contribution is 0.0689. The van der Waals surface area contributed by atoms with Crippen molar-refractivity contribution in [1.82, 2.24) is 9.97 Å². The molecule has 15 heavy (non-hydrogen) atoms. The predicted molar refractivity (Wildman–Crippen MR) is 60.2 cm³/mol. The normalized spacial score (nSPS) is 10.3. The Bertz CT molecular complexity index is 355. The van der Waals surface area contributed by atoms with E-state index < -0.39 is 5.97 Å². The number of aryl methyl sites for hydroxylation is 1. The van der Waals surface area contributed by atoms with Gasteiger partial charge in [-0.1, -0.05) is 6.92 Å². The molecular formula is C10H14N2O2S. The molecule has 0 aromatic carbocycles. The topological polar surface area (TPSA) is 63.1 Å². The van der Waals surface area contributed by atoms with Crippen molar-refractivity contribution >= 4 is 17.7 Å². The fourth-order valence-electron chi connectivity index (χ4n) is 1.11. The molecule has 0 radical (unpaired) electrons. The standard InChI is InChI=1S/C10H14N2O2S/c1-3-4-15-6-9-11-7(2)5-8(12-9)10(13)14/h5H,3-4,6H2,1-2H3,(H,13,14). The van der Waals surface area contributed by atoms with E-state index in [0.717, 1.165) is 12.2 Å². The highest BCUT2D eigenvalue weighted by atomic mass is 32.2. The lowest BCUT2D eigenvalue weighted by Gasteiger charge is -2.02. The Morgan fingerprint density at radius 3 is 2.87 bits per heavy atom. The maximum atomic E-state index is 10.7. The average Bonchev–Trinajstić information content (AvgIpc) is 2.17. The molecule has 1 aromatic heterocycles. The molecule has 0 amide bonds. The number of aromatic carboxylic acids is 1.